The number of hydrogen-bond donors (Lipinski definition) is 2. The van der Waals surface area contributed by atoms with Crippen LogP contribution in [0, 0.1) is 11.3 Å². The van der Waals surface area contributed by atoms with Crippen molar-refractivity contribution in [1.29, 1.82) is 5.26 Å². The standard InChI is InChI=1S/C18H16N4/c19-13-15-7-4-10-21-18(15)22-12-11-20-17-9-3-6-14-5-1-2-8-16(14)17/h1-10,20H,11-12H2,(H,21,22). The highest BCUT2D eigenvalue weighted by Crippen LogP contribution is 2.22. The first-order chi connectivity index (χ1) is 10.9. The first-order valence-corrected chi connectivity index (χ1v) is 7.19. The zero-order valence-electron chi connectivity index (χ0n) is 12.1. The molecule has 0 fully saturated rings. The molecule has 2 N–H and O–H groups in total. The summed E-state index contributed by atoms with van der Waals surface area (Å²) >= 11 is 0. The monoisotopic (exact) mass is 288 g/mol. The predicted octanol–water partition coefficient (Wildman–Crippen LogP) is 3.63. The van der Waals surface area contributed by atoms with Crippen LogP contribution < -0.4 is 10.6 Å². The number of hydrogen-bond acceptors (Lipinski definition) is 4. The van der Waals surface area contributed by atoms with Crippen molar-refractivity contribution in [3.8, 4) is 6.07 Å². The Kier molecular flexibility index (Phi) is 4.17. The molecule has 4 nitrogen and oxygen atoms in total. The quantitative estimate of drug-likeness (QED) is 0.704. The van der Waals surface area contributed by atoms with Crippen LogP contribution in [-0.4, -0.2) is 18.1 Å². The Morgan fingerprint density at radius 2 is 1.73 bits per heavy atom. The maximum absolute atomic E-state index is 9.03. The number of nitrogens with zero attached hydrogens (tertiary/aromatic N) is 2. The summed E-state index contributed by atoms with van der Waals surface area (Å²) in [5.74, 6) is 0.629. The van der Waals surface area contributed by atoms with Gasteiger partial charge in [0.2, 0.25) is 0 Å². The number of anilines is 2. The SMILES string of the molecule is N#Cc1cccnc1NCCNc1cccc2ccccc12. The van der Waals surface area contributed by atoms with Gasteiger partial charge in [0.15, 0.2) is 0 Å². The smallest absolute Gasteiger partial charge is 0.143 e. The number of fused-ring (bicyclic) bond motifs is 1. The fourth-order valence-corrected chi connectivity index (χ4v) is 2.39. The van der Waals surface area contributed by atoms with Crippen molar-refractivity contribution >= 4 is 22.3 Å². The van der Waals surface area contributed by atoms with Gasteiger partial charge in [0, 0.05) is 30.4 Å². The van der Waals surface area contributed by atoms with Crippen molar-refractivity contribution in [3.63, 3.8) is 0 Å². The van der Waals surface area contributed by atoms with Crippen molar-refractivity contribution in [1.82, 2.24) is 4.98 Å². The van der Waals surface area contributed by atoms with Gasteiger partial charge in [-0.15, -0.1) is 0 Å². The van der Waals surface area contributed by atoms with E-state index >= 15 is 0 Å². The third-order valence-electron chi connectivity index (χ3n) is 3.45. The molecule has 0 bridgehead atoms. The largest absolute Gasteiger partial charge is 0.383 e. The number of pyridine rings is 1. The maximum Gasteiger partial charge on any atom is 0.143 e. The van der Waals surface area contributed by atoms with Crippen molar-refractivity contribution in [2.45, 2.75) is 0 Å². The molecule has 0 saturated carbocycles. The Balaban J connectivity index is 1.62. The van der Waals surface area contributed by atoms with E-state index in [-0.39, 0.29) is 0 Å². The lowest BCUT2D eigenvalue weighted by Crippen LogP contribution is -2.15. The molecular weight excluding hydrogens is 272 g/mol. The summed E-state index contributed by atoms with van der Waals surface area (Å²) in [5, 5.41) is 18.1. The van der Waals surface area contributed by atoms with Crippen LogP contribution in [0.15, 0.2) is 60.8 Å². The van der Waals surface area contributed by atoms with Gasteiger partial charge >= 0.3 is 0 Å². The Labute approximate surface area is 129 Å². The van der Waals surface area contributed by atoms with Crippen LogP contribution in [0.3, 0.4) is 0 Å². The molecule has 2 aromatic carbocycles. The van der Waals surface area contributed by atoms with E-state index in [1.165, 1.54) is 10.8 Å². The highest BCUT2D eigenvalue weighted by Gasteiger charge is 2.02. The molecule has 0 unspecified atom stereocenters. The molecule has 0 amide bonds. The lowest BCUT2D eigenvalue weighted by Gasteiger charge is -2.11. The highest BCUT2D eigenvalue weighted by molar-refractivity contribution is 5.93. The van der Waals surface area contributed by atoms with E-state index in [4.69, 9.17) is 5.26 Å². The Bertz CT molecular complexity index is 815. The summed E-state index contributed by atoms with van der Waals surface area (Å²) in [6.45, 7) is 1.43. The minimum Gasteiger partial charge on any atom is -0.383 e. The average molecular weight is 288 g/mol. The first-order valence-electron chi connectivity index (χ1n) is 7.19. The van der Waals surface area contributed by atoms with E-state index in [1.807, 2.05) is 18.2 Å². The van der Waals surface area contributed by atoms with E-state index in [2.05, 4.69) is 46.0 Å². The van der Waals surface area contributed by atoms with Gasteiger partial charge in [0.05, 0.1) is 5.56 Å². The fraction of sp³-hybridized carbons (Fsp3) is 0.111. The molecule has 1 aromatic heterocycles. The molecule has 4 heteroatoms. The van der Waals surface area contributed by atoms with Gasteiger partial charge in [0.25, 0.3) is 0 Å². The molecule has 1 heterocycles. The molecular formula is C18H16N4. The van der Waals surface area contributed by atoms with Gasteiger partial charge in [-0.05, 0) is 23.6 Å². The summed E-state index contributed by atoms with van der Waals surface area (Å²) in [4.78, 5) is 4.18. The van der Waals surface area contributed by atoms with Gasteiger partial charge in [-0.1, -0.05) is 36.4 Å². The Hall–Kier alpha value is -3.06. The lowest BCUT2D eigenvalue weighted by atomic mass is 10.1. The lowest BCUT2D eigenvalue weighted by molar-refractivity contribution is 1.06. The number of nitrogens with one attached hydrogen (secondary N) is 2. The van der Waals surface area contributed by atoms with Gasteiger partial charge < -0.3 is 10.6 Å². The van der Waals surface area contributed by atoms with E-state index < -0.39 is 0 Å². The molecule has 0 aliphatic rings. The molecule has 108 valence electrons. The predicted molar refractivity (Wildman–Crippen MR) is 89.9 cm³/mol. The van der Waals surface area contributed by atoms with Crippen LogP contribution in [0.1, 0.15) is 5.56 Å². The minimum atomic E-state index is 0.563. The zero-order chi connectivity index (χ0) is 15.2. The second-order valence-electron chi connectivity index (χ2n) is 4.89. The van der Waals surface area contributed by atoms with Crippen molar-refractivity contribution < 1.29 is 0 Å². The van der Waals surface area contributed by atoms with Gasteiger partial charge in [-0.2, -0.15) is 5.26 Å². The van der Waals surface area contributed by atoms with Crippen LogP contribution in [0.4, 0.5) is 11.5 Å². The third kappa shape index (κ3) is 2.99. The minimum absolute atomic E-state index is 0.563. The second-order valence-corrected chi connectivity index (χ2v) is 4.89. The normalized spacial score (nSPS) is 10.1. The second kappa shape index (κ2) is 6.59. The van der Waals surface area contributed by atoms with Crippen LogP contribution in [0.25, 0.3) is 10.8 Å². The average Bonchev–Trinajstić information content (AvgIpc) is 2.59. The number of nitriles is 1. The van der Waals surface area contributed by atoms with E-state index in [9.17, 15) is 0 Å². The highest BCUT2D eigenvalue weighted by atomic mass is 15.0. The van der Waals surface area contributed by atoms with Gasteiger partial charge in [0.1, 0.15) is 11.9 Å². The molecule has 3 aromatic rings. The molecule has 0 radical (unpaired) electrons. The van der Waals surface area contributed by atoms with Gasteiger partial charge in [-0.25, -0.2) is 4.98 Å². The molecule has 0 aliphatic carbocycles. The summed E-state index contributed by atoms with van der Waals surface area (Å²) in [7, 11) is 0. The summed E-state index contributed by atoms with van der Waals surface area (Å²) in [6.07, 6.45) is 1.68. The van der Waals surface area contributed by atoms with E-state index in [0.717, 1.165) is 12.2 Å². The number of rotatable bonds is 5. The van der Waals surface area contributed by atoms with E-state index in [1.54, 1.807) is 18.3 Å². The molecule has 3 rings (SSSR count). The summed E-state index contributed by atoms with van der Waals surface area (Å²) in [6, 6.07) is 20.2. The Morgan fingerprint density at radius 3 is 2.64 bits per heavy atom. The molecule has 0 atom stereocenters. The number of aromatic nitrogens is 1. The van der Waals surface area contributed by atoms with Crippen LogP contribution in [0.2, 0.25) is 0 Å². The van der Waals surface area contributed by atoms with Crippen LogP contribution in [0.5, 0.6) is 0 Å². The third-order valence-corrected chi connectivity index (χ3v) is 3.45. The molecule has 0 aliphatic heterocycles. The van der Waals surface area contributed by atoms with Crippen molar-refractivity contribution in [2.75, 3.05) is 23.7 Å². The van der Waals surface area contributed by atoms with Crippen molar-refractivity contribution in [2.24, 2.45) is 0 Å². The topological polar surface area (TPSA) is 60.7 Å². The van der Waals surface area contributed by atoms with Crippen molar-refractivity contribution in [3.05, 3.63) is 66.4 Å². The Morgan fingerprint density at radius 1 is 0.909 bits per heavy atom. The first kappa shape index (κ1) is 13.9. The zero-order valence-corrected chi connectivity index (χ0v) is 12.1. The summed E-state index contributed by atoms with van der Waals surface area (Å²) < 4.78 is 0. The molecule has 0 saturated heterocycles. The fourth-order valence-electron chi connectivity index (χ4n) is 2.39. The van der Waals surface area contributed by atoms with Crippen LogP contribution >= 0.6 is 0 Å². The molecule has 0 spiro atoms. The maximum atomic E-state index is 9.03. The summed E-state index contributed by atoms with van der Waals surface area (Å²) in [5.41, 5.74) is 1.68. The molecule has 22 heavy (non-hydrogen) atoms. The van der Waals surface area contributed by atoms with Crippen LogP contribution in [-0.2, 0) is 0 Å². The number of benzene rings is 2. The van der Waals surface area contributed by atoms with Gasteiger partial charge in [-0.3, -0.25) is 0 Å². The van der Waals surface area contributed by atoms with E-state index in [0.29, 0.717) is 17.9 Å².